The van der Waals surface area contributed by atoms with Crippen molar-refractivity contribution in [2.45, 2.75) is 45.9 Å². The van der Waals surface area contributed by atoms with Gasteiger partial charge in [-0.3, -0.25) is 14.1 Å². The van der Waals surface area contributed by atoms with Crippen molar-refractivity contribution in [3.8, 4) is 0 Å². The summed E-state index contributed by atoms with van der Waals surface area (Å²) in [6, 6.07) is 11.8. The molecule has 3 aromatic rings. The summed E-state index contributed by atoms with van der Waals surface area (Å²) >= 11 is 0. The van der Waals surface area contributed by atoms with Crippen molar-refractivity contribution < 1.29 is 17.9 Å². The summed E-state index contributed by atoms with van der Waals surface area (Å²) in [5, 5.41) is 14.9. The highest BCUT2D eigenvalue weighted by molar-refractivity contribution is 7.90. The van der Waals surface area contributed by atoms with Crippen molar-refractivity contribution in [2.24, 2.45) is 7.05 Å². The lowest BCUT2D eigenvalue weighted by molar-refractivity contribution is 0.0191. The molecule has 0 spiro atoms. The van der Waals surface area contributed by atoms with E-state index in [-0.39, 0.29) is 17.3 Å². The minimum Gasteiger partial charge on any atom is -0.369 e. The van der Waals surface area contributed by atoms with Crippen molar-refractivity contribution in [1.29, 1.82) is 0 Å². The van der Waals surface area contributed by atoms with E-state index in [1.165, 1.54) is 17.7 Å². The molecule has 2 aliphatic rings. The van der Waals surface area contributed by atoms with Crippen molar-refractivity contribution in [2.75, 3.05) is 17.1 Å². The zero-order valence-electron chi connectivity index (χ0n) is 22.5. The topological polar surface area (TPSA) is 116 Å². The normalized spacial score (nSPS) is 17.3. The van der Waals surface area contributed by atoms with Crippen molar-refractivity contribution in [1.82, 2.24) is 14.2 Å². The number of aliphatic hydroxyl groups is 1. The smallest absolute Gasteiger partial charge is 0.298 e. The van der Waals surface area contributed by atoms with Gasteiger partial charge in [-0.2, -0.15) is 8.42 Å². The largest absolute Gasteiger partial charge is 0.369 e. The molecule has 5 rings (SSSR count). The van der Waals surface area contributed by atoms with Gasteiger partial charge in [-0.05, 0) is 69.0 Å². The molecule has 11 heteroatoms. The molecule has 2 aromatic carbocycles. The van der Waals surface area contributed by atoms with E-state index in [2.05, 4.69) is 14.8 Å². The van der Waals surface area contributed by atoms with Gasteiger partial charge < -0.3 is 15.3 Å². The molecule has 1 atom stereocenters. The van der Waals surface area contributed by atoms with Crippen LogP contribution in [-0.4, -0.2) is 36.1 Å². The molecule has 0 amide bonds. The highest BCUT2D eigenvalue weighted by Gasteiger charge is 2.42. The molecule has 206 valence electrons. The van der Waals surface area contributed by atoms with E-state index in [1.807, 2.05) is 17.9 Å². The number of aromatic nitrogens is 1. The van der Waals surface area contributed by atoms with Gasteiger partial charge in [0.2, 0.25) is 0 Å². The molecular weight excluding hydrogens is 521 g/mol. The van der Waals surface area contributed by atoms with Crippen LogP contribution < -0.4 is 20.3 Å². The lowest BCUT2D eigenvalue weighted by Crippen LogP contribution is -2.37. The first-order chi connectivity index (χ1) is 18.4. The Balaban J connectivity index is 1.76. The Morgan fingerprint density at radius 2 is 1.79 bits per heavy atom. The van der Waals surface area contributed by atoms with Crippen LogP contribution in [0.2, 0.25) is 0 Å². The maximum absolute atomic E-state index is 14.9. The molecule has 1 saturated carbocycles. The molecule has 0 radical (unpaired) electrons. The minimum atomic E-state index is -3.75. The Labute approximate surface area is 227 Å². The van der Waals surface area contributed by atoms with Crippen LogP contribution in [0.15, 0.2) is 53.0 Å². The summed E-state index contributed by atoms with van der Waals surface area (Å²) in [5.74, 6) is -0.184. The predicted molar refractivity (Wildman–Crippen MR) is 150 cm³/mol. The molecule has 4 N–H and O–H groups in total. The van der Waals surface area contributed by atoms with Gasteiger partial charge in [0.1, 0.15) is 11.6 Å². The third-order valence-electron chi connectivity index (χ3n) is 7.37. The fourth-order valence-corrected chi connectivity index (χ4v) is 5.83. The molecule has 1 fully saturated rings. The number of aryl methyl sites for hydroxylation is 1. The van der Waals surface area contributed by atoms with Crippen molar-refractivity contribution in [3.63, 3.8) is 0 Å². The van der Waals surface area contributed by atoms with E-state index in [0.717, 1.165) is 24.1 Å². The number of nitrogens with zero attached hydrogens (tertiary/aromatic N) is 2. The maximum atomic E-state index is 14.9. The number of halogens is 1. The average molecular weight is 554 g/mol. The number of aliphatic hydroxyl groups excluding tert-OH is 1. The van der Waals surface area contributed by atoms with Gasteiger partial charge in [0.25, 0.3) is 15.8 Å². The van der Waals surface area contributed by atoms with Crippen LogP contribution in [0.25, 0.3) is 5.57 Å². The van der Waals surface area contributed by atoms with Crippen LogP contribution in [-0.2, 0) is 17.3 Å². The number of hydrogen-bond acceptors (Lipinski definition) is 6. The third-order valence-corrected chi connectivity index (χ3v) is 8.41. The van der Waals surface area contributed by atoms with E-state index >= 15 is 0 Å². The van der Waals surface area contributed by atoms with Gasteiger partial charge in [-0.1, -0.05) is 18.2 Å². The molecule has 2 heterocycles. The summed E-state index contributed by atoms with van der Waals surface area (Å²) in [6.07, 6.45) is 0.724. The van der Waals surface area contributed by atoms with E-state index in [9.17, 15) is 22.7 Å². The van der Waals surface area contributed by atoms with Gasteiger partial charge in [0, 0.05) is 42.5 Å². The Morgan fingerprint density at radius 3 is 2.44 bits per heavy atom. The molecule has 1 aliphatic heterocycles. The number of hydrogen-bond donors (Lipinski definition) is 4. The number of pyridine rings is 1. The fraction of sp³-hybridized carbons (Fsp3) is 0.321. The quantitative estimate of drug-likeness (QED) is 0.352. The molecule has 1 unspecified atom stereocenters. The van der Waals surface area contributed by atoms with Crippen LogP contribution in [0.1, 0.15) is 53.8 Å². The molecule has 0 saturated heterocycles. The van der Waals surface area contributed by atoms with Gasteiger partial charge in [0.05, 0.1) is 16.9 Å². The maximum Gasteiger partial charge on any atom is 0.298 e. The number of rotatable bonds is 7. The number of nitrogens with one attached hydrogen (secondary N) is 3. The first-order valence-corrected chi connectivity index (χ1v) is 14.2. The number of fused-ring (bicyclic) bond motifs is 1. The Bertz CT molecular complexity index is 1680. The van der Waals surface area contributed by atoms with Gasteiger partial charge >= 0.3 is 0 Å². The fourth-order valence-electron chi connectivity index (χ4n) is 5.29. The first kappa shape index (κ1) is 26.9. The van der Waals surface area contributed by atoms with Crippen LogP contribution in [0.5, 0.6) is 0 Å². The SMILES string of the molecule is CNS(=O)(=O)Nc1cccc(C2=C(C)N(C3CC3)C(O)c3c2c(C)c(=O)n(C)c3Nc2ccc(C)cc2F)c1. The van der Waals surface area contributed by atoms with Gasteiger partial charge in [-0.15, -0.1) is 0 Å². The predicted octanol–water partition coefficient (Wildman–Crippen LogP) is 4.01. The summed E-state index contributed by atoms with van der Waals surface area (Å²) in [7, 11) is -0.843. The van der Waals surface area contributed by atoms with Gasteiger partial charge in [-0.25, -0.2) is 9.11 Å². The Hall–Kier alpha value is -3.67. The summed E-state index contributed by atoms with van der Waals surface area (Å²) in [5.41, 5.74) is 4.56. The highest BCUT2D eigenvalue weighted by atomic mass is 32.2. The van der Waals surface area contributed by atoms with Crippen LogP contribution >= 0.6 is 0 Å². The molecule has 0 bridgehead atoms. The van der Waals surface area contributed by atoms with Gasteiger partial charge in [0.15, 0.2) is 6.23 Å². The molecular formula is C28H32FN5O4S. The Kier molecular flexibility index (Phi) is 6.78. The summed E-state index contributed by atoms with van der Waals surface area (Å²) in [4.78, 5) is 15.4. The van der Waals surface area contributed by atoms with E-state index < -0.39 is 22.3 Å². The monoisotopic (exact) mass is 553 g/mol. The zero-order chi connectivity index (χ0) is 28.2. The average Bonchev–Trinajstić information content (AvgIpc) is 3.71. The lowest BCUT2D eigenvalue weighted by Gasteiger charge is -2.40. The molecule has 1 aromatic heterocycles. The lowest BCUT2D eigenvalue weighted by atomic mass is 9.85. The van der Waals surface area contributed by atoms with E-state index in [1.54, 1.807) is 51.2 Å². The van der Waals surface area contributed by atoms with Crippen LogP contribution in [0.3, 0.4) is 0 Å². The first-order valence-electron chi connectivity index (χ1n) is 12.7. The third kappa shape index (κ3) is 4.81. The molecule has 39 heavy (non-hydrogen) atoms. The van der Waals surface area contributed by atoms with E-state index in [0.29, 0.717) is 39.3 Å². The second-order valence-corrected chi connectivity index (χ2v) is 11.7. The summed E-state index contributed by atoms with van der Waals surface area (Å²) in [6.45, 7) is 5.39. The second-order valence-electron chi connectivity index (χ2n) is 10.1. The van der Waals surface area contributed by atoms with Crippen molar-refractivity contribution >= 4 is 33.0 Å². The number of benzene rings is 2. The zero-order valence-corrected chi connectivity index (χ0v) is 23.3. The number of allylic oxidation sites excluding steroid dienone is 1. The molecule has 9 nitrogen and oxygen atoms in total. The highest BCUT2D eigenvalue weighted by Crippen LogP contribution is 2.49. The standard InChI is InChI=1S/C28H32FN5O4S/c1-15-9-12-22(21(29)13-15)31-26-25-23(16(2)27(35)33(26)5)24(17(3)34(28(25)36)20-10-11-20)18-7-6-8-19(14-18)32-39(37,38)30-4/h6-9,12-14,20,28,30-32,36H,10-11H2,1-5H3. The summed E-state index contributed by atoms with van der Waals surface area (Å²) < 4.78 is 45.3. The van der Waals surface area contributed by atoms with Crippen molar-refractivity contribution in [3.05, 3.63) is 92.1 Å². The molecule has 1 aliphatic carbocycles. The number of anilines is 3. The van der Waals surface area contributed by atoms with E-state index in [4.69, 9.17) is 0 Å². The van der Waals surface area contributed by atoms with Crippen LogP contribution in [0.4, 0.5) is 21.6 Å². The Morgan fingerprint density at radius 1 is 1.08 bits per heavy atom. The second kappa shape index (κ2) is 9.82. The van der Waals surface area contributed by atoms with Crippen LogP contribution in [0, 0.1) is 19.7 Å². The minimum absolute atomic E-state index is 0.107.